The molecule has 1 aromatic heterocycles. The lowest BCUT2D eigenvalue weighted by molar-refractivity contribution is 0.138. The summed E-state index contributed by atoms with van der Waals surface area (Å²) in [7, 11) is 2.22. The quantitative estimate of drug-likeness (QED) is 0.846. The Morgan fingerprint density at radius 3 is 2.82 bits per heavy atom. The van der Waals surface area contributed by atoms with E-state index in [1.807, 2.05) is 12.3 Å². The minimum atomic E-state index is 0.269. The van der Waals surface area contributed by atoms with E-state index in [1.54, 1.807) is 0 Å². The van der Waals surface area contributed by atoms with Gasteiger partial charge in [-0.1, -0.05) is 0 Å². The summed E-state index contributed by atoms with van der Waals surface area (Å²) in [6, 6.07) is 4.20. The second kappa shape index (κ2) is 4.46. The first-order valence-electron chi connectivity index (χ1n) is 6.74. The van der Waals surface area contributed by atoms with Crippen LogP contribution in [0.4, 0.5) is 0 Å². The summed E-state index contributed by atoms with van der Waals surface area (Å²) in [5, 5.41) is 3.54. The number of rotatable bonds is 2. The van der Waals surface area contributed by atoms with Crippen molar-refractivity contribution < 1.29 is 4.42 Å². The Balaban J connectivity index is 1.85. The minimum absolute atomic E-state index is 0.269. The molecule has 0 saturated carbocycles. The summed E-state index contributed by atoms with van der Waals surface area (Å²) in [5.41, 5.74) is 0.269. The summed E-state index contributed by atoms with van der Waals surface area (Å²) in [6.45, 7) is 4.68. The van der Waals surface area contributed by atoms with E-state index in [-0.39, 0.29) is 5.41 Å². The monoisotopic (exact) mass is 234 g/mol. The van der Waals surface area contributed by atoms with Crippen molar-refractivity contribution in [2.24, 2.45) is 5.92 Å². The maximum absolute atomic E-state index is 5.75. The highest BCUT2D eigenvalue weighted by molar-refractivity contribution is 5.20. The van der Waals surface area contributed by atoms with Gasteiger partial charge in [0.2, 0.25) is 0 Å². The molecule has 0 radical (unpaired) electrons. The fourth-order valence-electron chi connectivity index (χ4n) is 3.59. The molecule has 1 N–H and O–H groups in total. The highest BCUT2D eigenvalue weighted by Crippen LogP contribution is 2.43. The normalized spacial score (nSPS) is 32.1. The smallest absolute Gasteiger partial charge is 0.111 e. The van der Waals surface area contributed by atoms with Gasteiger partial charge in [-0.25, -0.2) is 0 Å². The molecule has 2 aliphatic rings. The molecular formula is C14H22N2O. The first-order chi connectivity index (χ1) is 8.31. The van der Waals surface area contributed by atoms with E-state index in [1.165, 1.54) is 38.1 Å². The van der Waals surface area contributed by atoms with Crippen LogP contribution >= 0.6 is 0 Å². The van der Waals surface area contributed by atoms with Crippen LogP contribution in [-0.2, 0) is 5.41 Å². The van der Waals surface area contributed by atoms with E-state index in [2.05, 4.69) is 23.3 Å². The molecule has 2 aliphatic heterocycles. The van der Waals surface area contributed by atoms with Crippen molar-refractivity contribution in [3.05, 3.63) is 24.2 Å². The Morgan fingerprint density at radius 1 is 1.41 bits per heavy atom. The molecule has 3 rings (SSSR count). The van der Waals surface area contributed by atoms with Crippen molar-refractivity contribution in [1.29, 1.82) is 0 Å². The van der Waals surface area contributed by atoms with Gasteiger partial charge in [-0.05, 0) is 64.0 Å². The second-order valence-corrected chi connectivity index (χ2v) is 5.64. The molecule has 0 amide bonds. The Bertz CT molecular complexity index is 346. The fraction of sp³-hybridized carbons (Fsp3) is 0.714. The van der Waals surface area contributed by atoms with Gasteiger partial charge in [0, 0.05) is 12.0 Å². The lowest BCUT2D eigenvalue weighted by atomic mass is 9.68. The molecule has 0 aliphatic carbocycles. The predicted molar refractivity (Wildman–Crippen MR) is 68.1 cm³/mol. The number of likely N-dealkylation sites (tertiary alicyclic amines) is 1. The third-order valence-corrected chi connectivity index (χ3v) is 4.70. The Labute approximate surface area is 103 Å². The zero-order chi connectivity index (χ0) is 11.7. The topological polar surface area (TPSA) is 28.4 Å². The molecule has 1 unspecified atom stereocenters. The van der Waals surface area contributed by atoms with Gasteiger partial charge in [-0.15, -0.1) is 0 Å². The van der Waals surface area contributed by atoms with Crippen molar-refractivity contribution in [3.8, 4) is 0 Å². The van der Waals surface area contributed by atoms with Crippen LogP contribution < -0.4 is 5.32 Å². The molecule has 3 heteroatoms. The summed E-state index contributed by atoms with van der Waals surface area (Å²) in [4.78, 5) is 2.44. The third-order valence-electron chi connectivity index (χ3n) is 4.70. The summed E-state index contributed by atoms with van der Waals surface area (Å²) >= 11 is 0. The molecule has 1 atom stereocenters. The number of hydrogen-bond acceptors (Lipinski definition) is 3. The molecular weight excluding hydrogens is 212 g/mol. The largest absolute Gasteiger partial charge is 0.469 e. The molecule has 0 aromatic carbocycles. The maximum Gasteiger partial charge on any atom is 0.111 e. The molecule has 3 nitrogen and oxygen atoms in total. The van der Waals surface area contributed by atoms with Crippen LogP contribution in [0.3, 0.4) is 0 Å². The molecule has 94 valence electrons. The van der Waals surface area contributed by atoms with E-state index in [9.17, 15) is 0 Å². The number of hydrogen-bond donors (Lipinski definition) is 1. The van der Waals surface area contributed by atoms with Gasteiger partial charge in [-0.3, -0.25) is 0 Å². The van der Waals surface area contributed by atoms with Crippen LogP contribution in [0.1, 0.15) is 25.0 Å². The van der Waals surface area contributed by atoms with Gasteiger partial charge in [0.25, 0.3) is 0 Å². The van der Waals surface area contributed by atoms with Crippen LogP contribution in [-0.4, -0.2) is 38.1 Å². The van der Waals surface area contributed by atoms with Gasteiger partial charge in [0.15, 0.2) is 0 Å². The van der Waals surface area contributed by atoms with E-state index in [0.717, 1.165) is 19.0 Å². The van der Waals surface area contributed by atoms with Crippen LogP contribution in [0, 0.1) is 5.92 Å². The first kappa shape index (κ1) is 11.3. The molecule has 3 heterocycles. The van der Waals surface area contributed by atoms with E-state index < -0.39 is 0 Å². The average Bonchev–Trinajstić information content (AvgIpc) is 3.01. The Kier molecular flexibility index (Phi) is 2.97. The van der Waals surface area contributed by atoms with Gasteiger partial charge >= 0.3 is 0 Å². The summed E-state index contributed by atoms with van der Waals surface area (Å²) in [6.07, 6.45) is 5.66. The van der Waals surface area contributed by atoms with E-state index in [0.29, 0.717) is 0 Å². The van der Waals surface area contributed by atoms with Gasteiger partial charge in [0.05, 0.1) is 6.26 Å². The highest BCUT2D eigenvalue weighted by atomic mass is 16.3. The Morgan fingerprint density at radius 2 is 2.24 bits per heavy atom. The van der Waals surface area contributed by atoms with Crippen molar-refractivity contribution in [2.75, 3.05) is 33.2 Å². The molecule has 0 bridgehead atoms. The van der Waals surface area contributed by atoms with Crippen molar-refractivity contribution in [1.82, 2.24) is 10.2 Å². The van der Waals surface area contributed by atoms with Gasteiger partial charge in [0.1, 0.15) is 5.76 Å². The molecule has 0 spiro atoms. The highest BCUT2D eigenvalue weighted by Gasteiger charge is 2.45. The first-order valence-corrected chi connectivity index (χ1v) is 6.74. The molecule has 2 saturated heterocycles. The zero-order valence-electron chi connectivity index (χ0n) is 10.6. The van der Waals surface area contributed by atoms with E-state index >= 15 is 0 Å². The Hall–Kier alpha value is -0.800. The lowest BCUT2D eigenvalue weighted by Crippen LogP contribution is -2.43. The SMILES string of the molecule is CN1CCC(C2(c3ccco3)CCNC2)CC1. The summed E-state index contributed by atoms with van der Waals surface area (Å²) in [5.74, 6) is 1.98. The van der Waals surface area contributed by atoms with Crippen molar-refractivity contribution in [3.63, 3.8) is 0 Å². The van der Waals surface area contributed by atoms with Crippen LogP contribution in [0.5, 0.6) is 0 Å². The fourth-order valence-corrected chi connectivity index (χ4v) is 3.59. The summed E-state index contributed by atoms with van der Waals surface area (Å²) < 4.78 is 5.75. The van der Waals surface area contributed by atoms with E-state index in [4.69, 9.17) is 4.42 Å². The van der Waals surface area contributed by atoms with Crippen molar-refractivity contribution >= 4 is 0 Å². The standard InChI is InChI=1S/C14H22N2O/c1-16-8-4-12(5-9-16)14(6-7-15-11-14)13-3-2-10-17-13/h2-3,10,12,15H,4-9,11H2,1H3. The molecule has 2 fully saturated rings. The van der Waals surface area contributed by atoms with Crippen LogP contribution in [0.2, 0.25) is 0 Å². The number of nitrogens with one attached hydrogen (secondary N) is 1. The van der Waals surface area contributed by atoms with Crippen LogP contribution in [0.25, 0.3) is 0 Å². The molecule has 1 aromatic rings. The number of furan rings is 1. The van der Waals surface area contributed by atoms with Gasteiger partial charge in [-0.2, -0.15) is 0 Å². The predicted octanol–water partition coefficient (Wildman–Crippen LogP) is 1.85. The third kappa shape index (κ3) is 1.91. The van der Waals surface area contributed by atoms with Crippen LogP contribution in [0.15, 0.2) is 22.8 Å². The zero-order valence-corrected chi connectivity index (χ0v) is 10.6. The lowest BCUT2D eigenvalue weighted by Gasteiger charge is -2.40. The number of nitrogens with zero attached hydrogens (tertiary/aromatic N) is 1. The average molecular weight is 234 g/mol. The molecule has 17 heavy (non-hydrogen) atoms. The minimum Gasteiger partial charge on any atom is -0.469 e. The number of piperidine rings is 1. The van der Waals surface area contributed by atoms with Crippen molar-refractivity contribution in [2.45, 2.75) is 24.7 Å². The second-order valence-electron chi connectivity index (χ2n) is 5.64. The van der Waals surface area contributed by atoms with Gasteiger partial charge < -0.3 is 14.6 Å². The maximum atomic E-state index is 5.75.